The number of amides is 1. The Balaban J connectivity index is 2.26. The lowest BCUT2D eigenvalue weighted by Crippen LogP contribution is -2.13. The Hall–Kier alpha value is -2.38. The van der Waals surface area contributed by atoms with Crippen molar-refractivity contribution in [3.63, 3.8) is 0 Å². The van der Waals surface area contributed by atoms with Crippen LogP contribution in [0.4, 0.5) is 10.1 Å². The van der Waals surface area contributed by atoms with Crippen molar-refractivity contribution in [2.45, 2.75) is 0 Å². The van der Waals surface area contributed by atoms with E-state index in [0.29, 0.717) is 11.3 Å². The van der Waals surface area contributed by atoms with E-state index in [4.69, 9.17) is 16.9 Å². The predicted molar refractivity (Wildman–Crippen MR) is 70.5 cm³/mol. The fourth-order valence-corrected chi connectivity index (χ4v) is 1.71. The van der Waals surface area contributed by atoms with Crippen molar-refractivity contribution >= 4 is 23.2 Å². The molecular weight excluding hydrogens is 267 g/mol. The standard InChI is InChI=1S/C14H8ClFN2O/c15-10-4-5-13(16)12(7-10)14(19)18-11-3-1-2-9(6-11)8-17/h1-7H,(H,18,19). The van der Waals surface area contributed by atoms with E-state index < -0.39 is 11.7 Å². The van der Waals surface area contributed by atoms with Gasteiger partial charge in [0, 0.05) is 10.7 Å². The number of anilines is 1. The molecule has 0 radical (unpaired) electrons. The average Bonchev–Trinajstić information content (AvgIpc) is 2.41. The summed E-state index contributed by atoms with van der Waals surface area (Å²) in [5, 5.41) is 11.5. The molecule has 5 heteroatoms. The Labute approximate surface area is 114 Å². The van der Waals surface area contributed by atoms with Crippen LogP contribution in [0.25, 0.3) is 0 Å². The second-order valence-corrected chi connectivity index (χ2v) is 4.21. The van der Waals surface area contributed by atoms with E-state index >= 15 is 0 Å². The smallest absolute Gasteiger partial charge is 0.258 e. The fourth-order valence-electron chi connectivity index (χ4n) is 1.54. The van der Waals surface area contributed by atoms with Gasteiger partial charge in [-0.1, -0.05) is 17.7 Å². The normalized spacial score (nSPS) is 9.74. The number of halogens is 2. The molecule has 0 aromatic heterocycles. The maximum Gasteiger partial charge on any atom is 0.258 e. The van der Waals surface area contributed by atoms with Gasteiger partial charge >= 0.3 is 0 Å². The SMILES string of the molecule is N#Cc1cccc(NC(=O)c2cc(Cl)ccc2F)c1. The number of carbonyl (C=O) groups is 1. The number of nitriles is 1. The van der Waals surface area contributed by atoms with Crippen LogP contribution >= 0.6 is 11.6 Å². The highest BCUT2D eigenvalue weighted by molar-refractivity contribution is 6.31. The molecular formula is C14H8ClFN2O. The van der Waals surface area contributed by atoms with Crippen LogP contribution in [0.2, 0.25) is 5.02 Å². The zero-order valence-corrected chi connectivity index (χ0v) is 10.4. The number of nitrogens with one attached hydrogen (secondary N) is 1. The van der Waals surface area contributed by atoms with E-state index in [0.717, 1.165) is 6.07 Å². The Morgan fingerprint density at radius 1 is 1.26 bits per heavy atom. The average molecular weight is 275 g/mol. The van der Waals surface area contributed by atoms with Crippen LogP contribution in [0.3, 0.4) is 0 Å². The summed E-state index contributed by atoms with van der Waals surface area (Å²) in [5.41, 5.74) is 0.683. The van der Waals surface area contributed by atoms with Crippen LogP contribution in [-0.2, 0) is 0 Å². The van der Waals surface area contributed by atoms with Crippen molar-refractivity contribution in [1.29, 1.82) is 5.26 Å². The van der Waals surface area contributed by atoms with Crippen LogP contribution < -0.4 is 5.32 Å². The van der Waals surface area contributed by atoms with Crippen LogP contribution in [0.5, 0.6) is 0 Å². The third kappa shape index (κ3) is 3.09. The van der Waals surface area contributed by atoms with Crippen LogP contribution in [-0.4, -0.2) is 5.91 Å². The van der Waals surface area contributed by atoms with E-state index in [-0.39, 0.29) is 10.6 Å². The van der Waals surface area contributed by atoms with E-state index in [2.05, 4.69) is 5.32 Å². The van der Waals surface area contributed by atoms with Crippen molar-refractivity contribution in [3.05, 3.63) is 64.4 Å². The van der Waals surface area contributed by atoms with Gasteiger partial charge in [0.05, 0.1) is 17.2 Å². The summed E-state index contributed by atoms with van der Waals surface area (Å²) >= 11 is 5.72. The molecule has 1 N–H and O–H groups in total. The summed E-state index contributed by atoms with van der Waals surface area (Å²) in [7, 11) is 0. The van der Waals surface area contributed by atoms with Gasteiger partial charge in [-0.25, -0.2) is 4.39 Å². The van der Waals surface area contributed by atoms with Crippen molar-refractivity contribution in [2.24, 2.45) is 0 Å². The van der Waals surface area contributed by atoms with Crippen molar-refractivity contribution in [3.8, 4) is 6.07 Å². The third-order valence-corrected chi connectivity index (χ3v) is 2.66. The highest BCUT2D eigenvalue weighted by Gasteiger charge is 2.12. The van der Waals surface area contributed by atoms with Crippen LogP contribution in [0, 0.1) is 17.1 Å². The monoisotopic (exact) mass is 274 g/mol. The van der Waals surface area contributed by atoms with Crippen molar-refractivity contribution < 1.29 is 9.18 Å². The van der Waals surface area contributed by atoms with E-state index in [1.54, 1.807) is 18.2 Å². The molecule has 2 aromatic carbocycles. The van der Waals surface area contributed by atoms with Gasteiger partial charge in [0.2, 0.25) is 0 Å². The number of hydrogen-bond acceptors (Lipinski definition) is 2. The first-order valence-corrected chi connectivity index (χ1v) is 5.74. The molecule has 0 heterocycles. The number of hydrogen-bond donors (Lipinski definition) is 1. The Bertz CT molecular complexity index is 679. The molecule has 3 nitrogen and oxygen atoms in total. The van der Waals surface area contributed by atoms with Gasteiger partial charge < -0.3 is 5.32 Å². The fraction of sp³-hybridized carbons (Fsp3) is 0. The zero-order valence-electron chi connectivity index (χ0n) is 9.65. The molecule has 0 aliphatic carbocycles. The Morgan fingerprint density at radius 3 is 2.79 bits per heavy atom. The van der Waals surface area contributed by atoms with Crippen LogP contribution in [0.15, 0.2) is 42.5 Å². The largest absolute Gasteiger partial charge is 0.322 e. The van der Waals surface area contributed by atoms with Gasteiger partial charge in [-0.3, -0.25) is 4.79 Å². The molecule has 0 atom stereocenters. The minimum atomic E-state index is -0.654. The molecule has 0 spiro atoms. The summed E-state index contributed by atoms with van der Waals surface area (Å²) in [6.07, 6.45) is 0. The molecule has 0 saturated carbocycles. The summed E-state index contributed by atoms with van der Waals surface area (Å²) in [5.74, 6) is -1.27. The summed E-state index contributed by atoms with van der Waals surface area (Å²) in [4.78, 5) is 11.9. The lowest BCUT2D eigenvalue weighted by molar-refractivity contribution is 0.102. The number of benzene rings is 2. The van der Waals surface area contributed by atoms with Gasteiger partial charge in [-0.15, -0.1) is 0 Å². The molecule has 0 aliphatic rings. The summed E-state index contributed by atoms with van der Waals surface area (Å²) in [6.45, 7) is 0. The molecule has 0 unspecified atom stereocenters. The Morgan fingerprint density at radius 2 is 2.05 bits per heavy atom. The number of rotatable bonds is 2. The third-order valence-electron chi connectivity index (χ3n) is 2.42. The molecule has 2 rings (SSSR count). The minimum Gasteiger partial charge on any atom is -0.322 e. The van der Waals surface area contributed by atoms with Gasteiger partial charge in [0.1, 0.15) is 5.82 Å². The maximum atomic E-state index is 13.5. The highest BCUT2D eigenvalue weighted by Crippen LogP contribution is 2.17. The number of carbonyl (C=O) groups excluding carboxylic acids is 1. The molecule has 94 valence electrons. The van der Waals surface area contributed by atoms with Gasteiger partial charge in [-0.2, -0.15) is 5.26 Å². The first kappa shape index (κ1) is 13.1. The molecule has 2 aromatic rings. The lowest BCUT2D eigenvalue weighted by Gasteiger charge is -2.06. The first-order chi connectivity index (χ1) is 9.10. The molecule has 0 aliphatic heterocycles. The quantitative estimate of drug-likeness (QED) is 0.909. The predicted octanol–water partition coefficient (Wildman–Crippen LogP) is 3.60. The summed E-state index contributed by atoms with van der Waals surface area (Å²) < 4.78 is 13.5. The van der Waals surface area contributed by atoms with E-state index in [9.17, 15) is 9.18 Å². The van der Waals surface area contributed by atoms with Gasteiger partial charge in [0.25, 0.3) is 5.91 Å². The second kappa shape index (κ2) is 5.51. The zero-order chi connectivity index (χ0) is 13.8. The van der Waals surface area contributed by atoms with Crippen LogP contribution in [0.1, 0.15) is 15.9 Å². The summed E-state index contributed by atoms with van der Waals surface area (Å²) in [6, 6.07) is 12.0. The molecule has 0 fully saturated rings. The molecule has 0 bridgehead atoms. The Kier molecular flexibility index (Phi) is 3.79. The van der Waals surface area contributed by atoms with E-state index in [1.807, 2.05) is 6.07 Å². The molecule has 0 saturated heterocycles. The lowest BCUT2D eigenvalue weighted by atomic mass is 10.1. The molecule has 1 amide bonds. The highest BCUT2D eigenvalue weighted by atomic mass is 35.5. The van der Waals surface area contributed by atoms with E-state index in [1.165, 1.54) is 18.2 Å². The second-order valence-electron chi connectivity index (χ2n) is 3.77. The first-order valence-electron chi connectivity index (χ1n) is 5.37. The maximum absolute atomic E-state index is 13.5. The number of nitrogens with zero attached hydrogens (tertiary/aromatic N) is 1. The topological polar surface area (TPSA) is 52.9 Å². The van der Waals surface area contributed by atoms with Crippen molar-refractivity contribution in [1.82, 2.24) is 0 Å². The van der Waals surface area contributed by atoms with Gasteiger partial charge in [0.15, 0.2) is 0 Å². The van der Waals surface area contributed by atoms with Gasteiger partial charge in [-0.05, 0) is 36.4 Å². The molecule has 19 heavy (non-hydrogen) atoms. The van der Waals surface area contributed by atoms with Crippen molar-refractivity contribution in [2.75, 3.05) is 5.32 Å². The minimum absolute atomic E-state index is 0.144.